The third-order valence-electron chi connectivity index (χ3n) is 24.7. The Morgan fingerprint density at radius 2 is 0.381 bits per heavy atom. The minimum atomic E-state index is 0.566. The van der Waals surface area contributed by atoms with Crippen LogP contribution in [0.5, 0.6) is 0 Å². The van der Waals surface area contributed by atoms with Crippen LogP contribution < -0.4 is 0 Å². The molecule has 588 valence electrons. The lowest BCUT2D eigenvalue weighted by molar-refractivity contribution is 0.668. The van der Waals surface area contributed by atoms with Gasteiger partial charge in [0, 0.05) is 121 Å². The van der Waals surface area contributed by atoms with E-state index in [1.807, 2.05) is 48.5 Å². The van der Waals surface area contributed by atoms with E-state index in [0.29, 0.717) is 34.9 Å². The second-order valence-electron chi connectivity index (χ2n) is 32.1. The highest BCUT2D eigenvalue weighted by molar-refractivity contribution is 6.15. The van der Waals surface area contributed by atoms with Crippen LogP contribution in [0.4, 0.5) is 0 Å². The normalized spacial score (nSPS) is 11.8. The lowest BCUT2D eigenvalue weighted by Gasteiger charge is -2.12. The van der Waals surface area contributed by atoms with Crippen LogP contribution in [0.2, 0.25) is 0 Å². The van der Waals surface area contributed by atoms with E-state index in [1.165, 1.54) is 49.2 Å². The van der Waals surface area contributed by atoms with Gasteiger partial charge in [-0.3, -0.25) is 0 Å². The van der Waals surface area contributed by atoms with Gasteiger partial charge in [-0.1, -0.05) is 267 Å². The minimum absolute atomic E-state index is 0.566. The molecule has 0 amide bonds. The Balaban J connectivity index is 0.000000137. The van der Waals surface area contributed by atoms with Crippen molar-refractivity contribution in [2.24, 2.45) is 0 Å². The number of nitrogens with zero attached hydrogens (tertiary/aromatic N) is 10. The van der Waals surface area contributed by atoms with Gasteiger partial charge < -0.3 is 27.1 Å². The van der Waals surface area contributed by atoms with Gasteiger partial charge in [0.05, 0.1) is 44.1 Å². The fourth-order valence-electron chi connectivity index (χ4n) is 18.9. The largest absolute Gasteiger partial charge is 0.456 e. The summed E-state index contributed by atoms with van der Waals surface area (Å²) in [5.41, 5.74) is 26.6. The van der Waals surface area contributed by atoms with E-state index in [-0.39, 0.29) is 0 Å². The molecule has 8 aromatic heterocycles. The first kappa shape index (κ1) is 71.7. The molecule has 0 bridgehead atoms. The van der Waals surface area contributed by atoms with Crippen LogP contribution in [0, 0.1) is 0 Å². The van der Waals surface area contributed by atoms with E-state index in [1.54, 1.807) is 0 Å². The first-order chi connectivity index (χ1) is 62.4. The molecule has 12 heteroatoms. The molecule has 0 atom stereocenters. The number of benzene rings is 18. The van der Waals surface area contributed by atoms with E-state index in [2.05, 4.69) is 394 Å². The molecule has 18 aromatic carbocycles. The maximum atomic E-state index is 6.36. The molecule has 0 aliphatic rings. The summed E-state index contributed by atoms with van der Waals surface area (Å²) in [6.07, 6.45) is 0. The summed E-state index contributed by atoms with van der Waals surface area (Å²) < 4.78 is 22.1. The molecule has 0 fully saturated rings. The lowest BCUT2D eigenvalue weighted by Crippen LogP contribution is -2.01. The van der Waals surface area contributed by atoms with Crippen molar-refractivity contribution < 1.29 is 8.83 Å². The highest BCUT2D eigenvalue weighted by Gasteiger charge is 2.24. The summed E-state index contributed by atoms with van der Waals surface area (Å²) in [5.74, 6) is 3.48. The smallest absolute Gasteiger partial charge is 0.164 e. The highest BCUT2D eigenvalue weighted by Crippen LogP contribution is 2.44. The minimum Gasteiger partial charge on any atom is -0.456 e. The highest BCUT2D eigenvalue weighted by atomic mass is 16.3. The topological polar surface area (TPSA) is 123 Å². The van der Waals surface area contributed by atoms with Crippen LogP contribution in [-0.2, 0) is 0 Å². The average molecular weight is 1610 g/mol. The third-order valence-corrected chi connectivity index (χ3v) is 24.7. The Labute approximate surface area is 721 Å². The molecule has 26 rings (SSSR count). The Morgan fingerprint density at radius 3 is 0.786 bits per heavy atom. The van der Waals surface area contributed by atoms with Crippen molar-refractivity contribution in [2.75, 3.05) is 0 Å². The molecule has 0 aliphatic heterocycles. The summed E-state index contributed by atoms with van der Waals surface area (Å²) in [5, 5.41) is 13.7. The first-order valence-corrected chi connectivity index (χ1v) is 42.4. The second-order valence-corrected chi connectivity index (χ2v) is 32.1. The summed E-state index contributed by atoms with van der Waals surface area (Å²) in [7, 11) is 0. The lowest BCUT2D eigenvalue weighted by atomic mass is 10.0. The SMILES string of the molecule is c1ccc(-c2ccc3c(c2)c2ccccc2n3-c2cccc(-c3nc(-c4ccc5c(c4)oc4ccccc45)nc(-c4ccc5c(c4)c4ccccc4n5-c4ccccc4)n3)c2)cc1.c1ccc(-c2ccc3c(c2)c2ccccc2n3-c2cccc(-c3nc(-c4ccc5c(c4)oc4ccccc45)nc(-c4ccc5c6ccccc6n(-c6ccccc6)c5c4)n3)c2)cc1. The zero-order valence-corrected chi connectivity index (χ0v) is 67.7. The predicted molar refractivity (Wildman–Crippen MR) is 515 cm³/mol. The summed E-state index contributed by atoms with van der Waals surface area (Å²) >= 11 is 0. The molecule has 12 nitrogen and oxygen atoms in total. The summed E-state index contributed by atoms with van der Waals surface area (Å²) in [6, 6.07) is 149. The van der Waals surface area contributed by atoms with Crippen LogP contribution in [0.15, 0.2) is 433 Å². The van der Waals surface area contributed by atoms with E-state index in [9.17, 15) is 0 Å². The number of rotatable bonds is 12. The predicted octanol–water partition coefficient (Wildman–Crippen LogP) is 29.3. The van der Waals surface area contributed by atoms with Crippen molar-refractivity contribution in [3.05, 3.63) is 425 Å². The molecule has 0 saturated carbocycles. The number of aromatic nitrogens is 10. The van der Waals surface area contributed by atoms with Crippen molar-refractivity contribution in [3.63, 3.8) is 0 Å². The van der Waals surface area contributed by atoms with E-state index < -0.39 is 0 Å². The Morgan fingerprint density at radius 1 is 0.135 bits per heavy atom. The molecule has 0 unspecified atom stereocenters. The van der Waals surface area contributed by atoms with Crippen LogP contribution in [0.25, 0.3) is 244 Å². The number of fused-ring (bicyclic) bond motifs is 18. The van der Waals surface area contributed by atoms with Crippen LogP contribution in [0.3, 0.4) is 0 Å². The Kier molecular flexibility index (Phi) is 16.7. The van der Waals surface area contributed by atoms with Gasteiger partial charge in [0.25, 0.3) is 0 Å². The molecular weight excluding hydrogens is 1540 g/mol. The van der Waals surface area contributed by atoms with Gasteiger partial charge in [-0.15, -0.1) is 0 Å². The van der Waals surface area contributed by atoms with Crippen LogP contribution in [0.1, 0.15) is 0 Å². The third kappa shape index (κ3) is 12.1. The quantitative estimate of drug-likeness (QED) is 0.118. The maximum Gasteiger partial charge on any atom is 0.164 e. The molecule has 0 radical (unpaired) electrons. The average Bonchev–Trinajstić information content (AvgIpc) is 1.59. The van der Waals surface area contributed by atoms with Crippen molar-refractivity contribution >= 4 is 131 Å². The second kappa shape index (κ2) is 29.3. The monoisotopic (exact) mass is 1610 g/mol. The summed E-state index contributed by atoms with van der Waals surface area (Å²) in [6.45, 7) is 0. The van der Waals surface area contributed by atoms with Crippen molar-refractivity contribution in [1.82, 2.24) is 48.2 Å². The van der Waals surface area contributed by atoms with Gasteiger partial charge in [-0.25, -0.2) is 29.9 Å². The molecule has 0 aliphatic carbocycles. The van der Waals surface area contributed by atoms with Crippen LogP contribution >= 0.6 is 0 Å². The van der Waals surface area contributed by atoms with Gasteiger partial charge in [0.15, 0.2) is 34.9 Å². The van der Waals surface area contributed by atoms with E-state index >= 15 is 0 Å². The molecule has 126 heavy (non-hydrogen) atoms. The molecular formula is C114H70N10O2. The number of furan rings is 2. The van der Waals surface area contributed by atoms with Crippen molar-refractivity contribution in [2.45, 2.75) is 0 Å². The van der Waals surface area contributed by atoms with Gasteiger partial charge >= 0.3 is 0 Å². The first-order valence-electron chi connectivity index (χ1n) is 42.4. The zero-order chi connectivity index (χ0) is 82.9. The fourth-order valence-corrected chi connectivity index (χ4v) is 18.9. The Hall–Kier alpha value is -17.2. The molecule has 0 saturated heterocycles. The molecule has 0 spiro atoms. The van der Waals surface area contributed by atoms with Gasteiger partial charge in [-0.05, 0) is 180 Å². The van der Waals surface area contributed by atoms with E-state index in [4.69, 9.17) is 38.7 Å². The summed E-state index contributed by atoms with van der Waals surface area (Å²) in [4.78, 5) is 31.5. The molecule has 8 heterocycles. The van der Waals surface area contributed by atoms with E-state index in [0.717, 1.165) is 160 Å². The standard InChI is InChI=1S/2C57H35N5O/c1-3-14-36(15-4-1)37-27-30-52-47(33-37)43-20-8-11-24-50(43)62(52)42-19-13-16-38(32-42)55-58-56(60-57(59-55)40-26-29-46-45-22-9-12-25-53(45)63-54(46)35-40)39-28-31-51-48(34-39)44-21-7-10-23-49(44)61(51)41-17-5-2-6-18-41;1-3-14-36(15-4-1)37-28-31-51-48(33-37)44-21-8-11-24-50(44)62(51)42-19-13-16-38(32-42)55-58-56(60-57(59-55)40-27-30-47-46-22-9-12-25-53(46)63-54(47)35-40)39-26-29-45-43-20-7-10-23-49(43)61(52(45)34-39)41-17-5-2-6-18-41/h2*1-35H. The van der Waals surface area contributed by atoms with Crippen molar-refractivity contribution in [1.29, 1.82) is 0 Å². The van der Waals surface area contributed by atoms with Gasteiger partial charge in [0.1, 0.15) is 22.3 Å². The van der Waals surface area contributed by atoms with Crippen LogP contribution in [-0.4, -0.2) is 48.2 Å². The molecule has 26 aromatic rings. The fraction of sp³-hybridized carbons (Fsp3) is 0. The van der Waals surface area contributed by atoms with Gasteiger partial charge in [0.2, 0.25) is 0 Å². The van der Waals surface area contributed by atoms with Gasteiger partial charge in [-0.2, -0.15) is 0 Å². The number of hydrogen-bond donors (Lipinski definition) is 0. The molecule has 0 N–H and O–H groups in total. The number of hydrogen-bond acceptors (Lipinski definition) is 8. The number of para-hydroxylation sites is 8. The Bertz CT molecular complexity index is 8860. The maximum absolute atomic E-state index is 6.36. The van der Waals surface area contributed by atoms with Crippen molar-refractivity contribution in [3.8, 4) is 113 Å². The zero-order valence-electron chi connectivity index (χ0n) is 67.7.